The third-order valence-corrected chi connectivity index (χ3v) is 8.18. The molecule has 5 nitrogen and oxygen atoms in total. The topological polar surface area (TPSA) is 59.0 Å². The standard InChI is InChI=1S/C22H21Cl3N4OS2/c1-13-9-19(31-21(13)25)32-28-22(30)26-8-7-14-3-2-4-15-11-27-29(20(14)15)12-16-5-6-17(23)10-18(16)24/h5-7,9-11H,2-4,8,12H2,1H3,(H2,26,28,30)/b14-7+. The molecule has 4 rings (SSSR count). The summed E-state index contributed by atoms with van der Waals surface area (Å²) in [7, 11) is 0. The summed E-state index contributed by atoms with van der Waals surface area (Å²) in [5.41, 5.74) is 5.49. The van der Waals surface area contributed by atoms with E-state index in [0.717, 1.165) is 44.6 Å². The molecule has 0 aliphatic heterocycles. The van der Waals surface area contributed by atoms with E-state index in [9.17, 15) is 4.79 Å². The summed E-state index contributed by atoms with van der Waals surface area (Å²) in [6.45, 7) is 2.94. The van der Waals surface area contributed by atoms with Crippen LogP contribution in [0.25, 0.3) is 5.57 Å². The minimum atomic E-state index is -0.244. The van der Waals surface area contributed by atoms with Crippen molar-refractivity contribution in [2.24, 2.45) is 0 Å². The molecule has 1 aliphatic rings. The van der Waals surface area contributed by atoms with E-state index in [-0.39, 0.29) is 6.03 Å². The first-order valence-electron chi connectivity index (χ1n) is 10.1. The average Bonchev–Trinajstić information content (AvgIpc) is 3.32. The van der Waals surface area contributed by atoms with Crippen molar-refractivity contribution >= 4 is 69.7 Å². The van der Waals surface area contributed by atoms with Gasteiger partial charge in [-0.3, -0.25) is 9.40 Å². The highest BCUT2D eigenvalue weighted by atomic mass is 35.5. The molecule has 0 saturated carbocycles. The Hall–Kier alpha value is -1.64. The molecule has 2 aromatic heterocycles. The molecule has 1 aromatic carbocycles. The van der Waals surface area contributed by atoms with Gasteiger partial charge >= 0.3 is 6.03 Å². The molecule has 2 heterocycles. The highest BCUT2D eigenvalue weighted by molar-refractivity contribution is 7.99. The number of aromatic nitrogens is 2. The number of nitrogens with one attached hydrogen (secondary N) is 2. The quantitative estimate of drug-likeness (QED) is 0.340. The van der Waals surface area contributed by atoms with Crippen LogP contribution in [-0.2, 0) is 13.0 Å². The van der Waals surface area contributed by atoms with Crippen LogP contribution in [-0.4, -0.2) is 22.4 Å². The fourth-order valence-electron chi connectivity index (χ4n) is 3.58. The predicted octanol–water partition coefficient (Wildman–Crippen LogP) is 6.99. The van der Waals surface area contributed by atoms with E-state index >= 15 is 0 Å². The first kappa shape index (κ1) is 23.5. The van der Waals surface area contributed by atoms with Gasteiger partial charge < -0.3 is 5.32 Å². The van der Waals surface area contributed by atoms with Gasteiger partial charge in [-0.1, -0.05) is 46.9 Å². The largest absolute Gasteiger partial charge is 0.334 e. The Bertz CT molecular complexity index is 1150. The Kier molecular flexibility index (Phi) is 7.74. The van der Waals surface area contributed by atoms with Crippen molar-refractivity contribution < 1.29 is 4.79 Å². The maximum Gasteiger partial charge on any atom is 0.325 e. The zero-order valence-corrected chi connectivity index (χ0v) is 21.2. The Morgan fingerprint density at radius 1 is 1.28 bits per heavy atom. The number of carbonyl (C=O) groups excluding carboxylic acids is 1. The molecule has 1 aliphatic carbocycles. The first-order chi connectivity index (χ1) is 15.4. The van der Waals surface area contributed by atoms with E-state index in [1.54, 1.807) is 6.07 Å². The zero-order chi connectivity index (χ0) is 22.7. The minimum absolute atomic E-state index is 0.244. The van der Waals surface area contributed by atoms with Crippen molar-refractivity contribution in [3.05, 3.63) is 73.3 Å². The third-order valence-electron chi connectivity index (χ3n) is 5.14. The van der Waals surface area contributed by atoms with Crippen LogP contribution < -0.4 is 10.0 Å². The second-order valence-electron chi connectivity index (χ2n) is 7.43. The number of halogens is 3. The third kappa shape index (κ3) is 5.64. The molecule has 0 bridgehead atoms. The van der Waals surface area contributed by atoms with Crippen LogP contribution in [0.5, 0.6) is 0 Å². The van der Waals surface area contributed by atoms with Gasteiger partial charge in [-0.2, -0.15) is 5.10 Å². The van der Waals surface area contributed by atoms with E-state index in [2.05, 4.69) is 21.2 Å². The lowest BCUT2D eigenvalue weighted by atomic mass is 9.92. The van der Waals surface area contributed by atoms with Crippen molar-refractivity contribution in [3.8, 4) is 0 Å². The Balaban J connectivity index is 1.40. The molecule has 32 heavy (non-hydrogen) atoms. The number of rotatable bonds is 6. The Morgan fingerprint density at radius 2 is 2.12 bits per heavy atom. The number of nitrogens with zero attached hydrogens (tertiary/aromatic N) is 2. The van der Waals surface area contributed by atoms with Crippen LogP contribution in [0.3, 0.4) is 0 Å². The number of thiophene rings is 1. The number of hydrogen-bond acceptors (Lipinski definition) is 4. The molecule has 0 spiro atoms. The SMILES string of the molecule is Cc1cc(SNC(=O)NC/C=C2\CCCc3cnn(Cc4ccc(Cl)cc4Cl)c32)sc1Cl. The van der Waals surface area contributed by atoms with Gasteiger partial charge in [0.05, 0.1) is 27.0 Å². The van der Waals surface area contributed by atoms with Crippen molar-refractivity contribution in [1.29, 1.82) is 0 Å². The number of urea groups is 1. The molecule has 0 fully saturated rings. The predicted molar refractivity (Wildman–Crippen MR) is 135 cm³/mol. The lowest BCUT2D eigenvalue weighted by Gasteiger charge is -2.18. The summed E-state index contributed by atoms with van der Waals surface area (Å²) in [6, 6.07) is 7.22. The summed E-state index contributed by atoms with van der Waals surface area (Å²) in [5, 5.41) is 8.72. The van der Waals surface area contributed by atoms with Gasteiger partial charge in [0, 0.05) is 16.6 Å². The molecule has 0 atom stereocenters. The number of benzene rings is 1. The van der Waals surface area contributed by atoms with Crippen molar-refractivity contribution in [3.63, 3.8) is 0 Å². The molecule has 3 aromatic rings. The normalized spacial score (nSPS) is 14.4. The minimum Gasteiger partial charge on any atom is -0.334 e. The number of amides is 2. The number of aryl methyl sites for hydroxylation is 2. The fraction of sp³-hybridized carbons (Fsp3) is 0.273. The van der Waals surface area contributed by atoms with E-state index in [4.69, 9.17) is 34.8 Å². The molecule has 0 unspecified atom stereocenters. The summed E-state index contributed by atoms with van der Waals surface area (Å²) >= 11 is 21.2. The van der Waals surface area contributed by atoms with E-state index in [1.165, 1.54) is 34.4 Å². The summed E-state index contributed by atoms with van der Waals surface area (Å²) < 4.78 is 6.46. The van der Waals surface area contributed by atoms with Crippen LogP contribution in [0.1, 0.15) is 35.2 Å². The van der Waals surface area contributed by atoms with E-state index in [1.807, 2.05) is 36.0 Å². The van der Waals surface area contributed by atoms with Crippen molar-refractivity contribution in [1.82, 2.24) is 19.8 Å². The van der Waals surface area contributed by atoms with Crippen LogP contribution in [0, 0.1) is 6.92 Å². The van der Waals surface area contributed by atoms with E-state index < -0.39 is 0 Å². The van der Waals surface area contributed by atoms with Crippen molar-refractivity contribution in [2.45, 2.75) is 36.9 Å². The smallest absolute Gasteiger partial charge is 0.325 e. The number of fused-ring (bicyclic) bond motifs is 1. The van der Waals surface area contributed by atoms with Gasteiger partial charge in [-0.05, 0) is 78.6 Å². The molecule has 168 valence electrons. The number of carbonyl (C=O) groups is 1. The zero-order valence-electron chi connectivity index (χ0n) is 17.3. The molecule has 0 radical (unpaired) electrons. The molecule has 0 saturated heterocycles. The van der Waals surface area contributed by atoms with Crippen LogP contribution in [0.2, 0.25) is 14.4 Å². The molecule has 2 N–H and O–H groups in total. The summed E-state index contributed by atoms with van der Waals surface area (Å²) in [5.74, 6) is 0. The monoisotopic (exact) mass is 526 g/mol. The second-order valence-corrected chi connectivity index (χ2v) is 11.0. The Morgan fingerprint density at radius 3 is 2.88 bits per heavy atom. The maximum absolute atomic E-state index is 12.2. The lowest BCUT2D eigenvalue weighted by molar-refractivity contribution is 0.247. The first-order valence-corrected chi connectivity index (χ1v) is 12.8. The number of allylic oxidation sites excluding steroid dienone is 1. The average molecular weight is 528 g/mol. The fourth-order valence-corrected chi connectivity index (χ4v) is 6.16. The van der Waals surface area contributed by atoms with E-state index in [0.29, 0.717) is 23.1 Å². The van der Waals surface area contributed by atoms with Crippen LogP contribution in [0.15, 0.2) is 40.7 Å². The number of hydrogen-bond donors (Lipinski definition) is 2. The molecular formula is C22H21Cl3N4OS2. The highest BCUT2D eigenvalue weighted by Gasteiger charge is 2.20. The molecule has 2 amide bonds. The second kappa shape index (κ2) is 10.5. The van der Waals surface area contributed by atoms with Gasteiger partial charge in [0.2, 0.25) is 0 Å². The van der Waals surface area contributed by atoms with Gasteiger partial charge in [0.25, 0.3) is 0 Å². The van der Waals surface area contributed by atoms with Crippen LogP contribution in [0.4, 0.5) is 4.79 Å². The van der Waals surface area contributed by atoms with Gasteiger partial charge in [0.1, 0.15) is 0 Å². The van der Waals surface area contributed by atoms with Gasteiger partial charge in [0.15, 0.2) is 0 Å². The van der Waals surface area contributed by atoms with Gasteiger partial charge in [-0.25, -0.2) is 4.79 Å². The highest BCUT2D eigenvalue weighted by Crippen LogP contribution is 2.33. The molecular weight excluding hydrogens is 507 g/mol. The Labute approximate surface area is 210 Å². The lowest BCUT2D eigenvalue weighted by Crippen LogP contribution is -2.31. The summed E-state index contributed by atoms with van der Waals surface area (Å²) in [4.78, 5) is 12.2. The molecule has 10 heteroatoms. The summed E-state index contributed by atoms with van der Waals surface area (Å²) in [6.07, 6.45) is 6.99. The van der Waals surface area contributed by atoms with Crippen molar-refractivity contribution in [2.75, 3.05) is 6.54 Å². The van der Waals surface area contributed by atoms with Gasteiger partial charge in [-0.15, -0.1) is 11.3 Å². The van der Waals surface area contributed by atoms with Crippen LogP contribution >= 0.6 is 58.1 Å². The maximum atomic E-state index is 12.2.